The van der Waals surface area contributed by atoms with E-state index in [0.717, 1.165) is 45.9 Å². The highest BCUT2D eigenvalue weighted by Crippen LogP contribution is 2.30. The molecule has 2 aliphatic rings. The Labute approximate surface area is 167 Å². The lowest BCUT2D eigenvalue weighted by Gasteiger charge is -2.39. The van der Waals surface area contributed by atoms with Crippen LogP contribution in [0.2, 0.25) is 0 Å². The molecular weight excluding hydrogens is 368 g/mol. The van der Waals surface area contributed by atoms with Gasteiger partial charge in [0, 0.05) is 49.9 Å². The van der Waals surface area contributed by atoms with Crippen LogP contribution < -0.4 is 10.6 Å². The van der Waals surface area contributed by atoms with E-state index in [9.17, 15) is 9.59 Å². The number of carbonyl (C=O) groups excluding carboxylic acids is 2. The van der Waals surface area contributed by atoms with Gasteiger partial charge in [-0.3, -0.25) is 9.59 Å². The molecule has 2 amide bonds. The van der Waals surface area contributed by atoms with Crippen molar-refractivity contribution in [2.24, 2.45) is 0 Å². The van der Waals surface area contributed by atoms with Gasteiger partial charge in [0.25, 0.3) is 5.91 Å². The molecule has 4 heterocycles. The average molecular weight is 390 g/mol. The first-order valence-electron chi connectivity index (χ1n) is 9.79. The number of amides is 2. The molecule has 0 unspecified atom stereocenters. The van der Waals surface area contributed by atoms with Gasteiger partial charge in [0.1, 0.15) is 11.3 Å². The largest absolute Gasteiger partial charge is 0.362 e. The number of benzene rings is 1. The van der Waals surface area contributed by atoms with Gasteiger partial charge in [-0.2, -0.15) is 0 Å². The summed E-state index contributed by atoms with van der Waals surface area (Å²) in [6.45, 7) is 5.51. The zero-order valence-corrected chi connectivity index (χ0v) is 16.4. The van der Waals surface area contributed by atoms with E-state index >= 15 is 0 Å². The fourth-order valence-corrected chi connectivity index (χ4v) is 3.98. The molecule has 0 aliphatic carbocycles. The standard InChI is InChI=1S/C21H22N6O2/c1-11-20(24-13-9-27(10-13)12(2)28)26-19-14(4-3-5-17(19)23-11)18-8-15-16(25-18)6-7-22-21(15)29/h3-5,8,13,25H,6-7,9-10H2,1-2H3,(H,22,29)(H,24,26). The predicted molar refractivity (Wildman–Crippen MR) is 110 cm³/mol. The second-order valence-electron chi connectivity index (χ2n) is 7.68. The van der Waals surface area contributed by atoms with Gasteiger partial charge in [0.15, 0.2) is 0 Å². The third kappa shape index (κ3) is 3.00. The van der Waals surface area contributed by atoms with Crippen LogP contribution in [0.3, 0.4) is 0 Å². The number of hydrogen-bond acceptors (Lipinski definition) is 5. The van der Waals surface area contributed by atoms with E-state index in [1.54, 1.807) is 11.8 Å². The number of H-pyrrole nitrogens is 1. The third-order valence-corrected chi connectivity index (χ3v) is 5.63. The lowest BCUT2D eigenvalue weighted by atomic mass is 10.1. The van der Waals surface area contributed by atoms with Gasteiger partial charge in [-0.25, -0.2) is 9.97 Å². The molecule has 0 atom stereocenters. The number of aryl methyl sites for hydroxylation is 1. The molecule has 3 aromatic rings. The second kappa shape index (κ2) is 6.58. The highest BCUT2D eigenvalue weighted by atomic mass is 16.2. The Balaban J connectivity index is 1.52. The Kier molecular flexibility index (Phi) is 4.01. The molecule has 2 aliphatic heterocycles. The number of anilines is 1. The van der Waals surface area contributed by atoms with Crippen LogP contribution in [0.15, 0.2) is 24.3 Å². The number of carbonyl (C=O) groups is 2. The SMILES string of the molecule is CC(=O)N1CC(Nc2nc3c(-c4cc5c([nH]4)CCNC5=O)cccc3nc2C)C1. The lowest BCUT2D eigenvalue weighted by Crippen LogP contribution is -2.56. The van der Waals surface area contributed by atoms with Crippen molar-refractivity contribution in [3.8, 4) is 11.3 Å². The Morgan fingerprint density at radius 1 is 1.24 bits per heavy atom. The molecule has 3 N–H and O–H groups in total. The Morgan fingerprint density at radius 3 is 2.83 bits per heavy atom. The number of nitrogens with one attached hydrogen (secondary N) is 3. The number of rotatable bonds is 3. The maximum atomic E-state index is 12.1. The topological polar surface area (TPSA) is 103 Å². The molecule has 0 saturated carbocycles. The first-order chi connectivity index (χ1) is 14.0. The van der Waals surface area contributed by atoms with E-state index in [0.29, 0.717) is 25.2 Å². The van der Waals surface area contributed by atoms with Crippen LogP contribution in [-0.2, 0) is 11.2 Å². The Bertz CT molecular complexity index is 1150. The van der Waals surface area contributed by atoms with Gasteiger partial charge in [0.05, 0.1) is 22.8 Å². The molecule has 148 valence electrons. The summed E-state index contributed by atoms with van der Waals surface area (Å²) >= 11 is 0. The number of aromatic nitrogens is 3. The van der Waals surface area contributed by atoms with Gasteiger partial charge >= 0.3 is 0 Å². The highest BCUT2D eigenvalue weighted by Gasteiger charge is 2.29. The number of aromatic amines is 1. The van der Waals surface area contributed by atoms with Crippen LogP contribution in [0.5, 0.6) is 0 Å². The maximum Gasteiger partial charge on any atom is 0.253 e. The van der Waals surface area contributed by atoms with Crippen LogP contribution in [0.25, 0.3) is 22.3 Å². The second-order valence-corrected chi connectivity index (χ2v) is 7.68. The first kappa shape index (κ1) is 17.7. The third-order valence-electron chi connectivity index (χ3n) is 5.63. The number of fused-ring (bicyclic) bond motifs is 2. The molecule has 2 aromatic heterocycles. The quantitative estimate of drug-likeness (QED) is 0.633. The molecule has 8 heteroatoms. The summed E-state index contributed by atoms with van der Waals surface area (Å²) in [4.78, 5) is 38.3. The molecule has 0 spiro atoms. The molecule has 8 nitrogen and oxygen atoms in total. The lowest BCUT2D eigenvalue weighted by molar-refractivity contribution is -0.132. The minimum Gasteiger partial charge on any atom is -0.362 e. The molecule has 5 rings (SSSR count). The highest BCUT2D eigenvalue weighted by molar-refractivity contribution is 5.99. The minimum absolute atomic E-state index is 0.0433. The molecule has 1 aromatic carbocycles. The van der Waals surface area contributed by atoms with E-state index in [1.807, 2.05) is 31.2 Å². The van der Waals surface area contributed by atoms with Gasteiger partial charge < -0.3 is 20.5 Å². The average Bonchev–Trinajstić information content (AvgIpc) is 3.09. The van der Waals surface area contributed by atoms with Crippen LogP contribution in [-0.4, -0.2) is 57.3 Å². The maximum absolute atomic E-state index is 12.1. The van der Waals surface area contributed by atoms with Crippen LogP contribution in [0.1, 0.15) is 28.7 Å². The summed E-state index contributed by atoms with van der Waals surface area (Å²) in [5.74, 6) is 0.775. The summed E-state index contributed by atoms with van der Waals surface area (Å²) in [5, 5.41) is 6.29. The van der Waals surface area contributed by atoms with Crippen molar-refractivity contribution in [3.05, 3.63) is 41.2 Å². The predicted octanol–water partition coefficient (Wildman–Crippen LogP) is 1.86. The van der Waals surface area contributed by atoms with Crippen molar-refractivity contribution in [3.63, 3.8) is 0 Å². The van der Waals surface area contributed by atoms with Crippen LogP contribution >= 0.6 is 0 Å². The summed E-state index contributed by atoms with van der Waals surface area (Å²) in [7, 11) is 0. The number of nitrogens with zero attached hydrogens (tertiary/aromatic N) is 3. The van der Waals surface area contributed by atoms with E-state index in [4.69, 9.17) is 9.97 Å². The van der Waals surface area contributed by atoms with Crippen molar-refractivity contribution < 1.29 is 9.59 Å². The summed E-state index contributed by atoms with van der Waals surface area (Å²) in [5.41, 5.74) is 5.84. The van der Waals surface area contributed by atoms with Crippen molar-refractivity contribution >= 4 is 28.7 Å². The van der Waals surface area contributed by atoms with Gasteiger partial charge in [-0.1, -0.05) is 12.1 Å². The molecule has 1 saturated heterocycles. The van der Waals surface area contributed by atoms with E-state index in [1.165, 1.54) is 0 Å². The van der Waals surface area contributed by atoms with E-state index < -0.39 is 0 Å². The molecule has 29 heavy (non-hydrogen) atoms. The van der Waals surface area contributed by atoms with E-state index in [-0.39, 0.29) is 17.9 Å². The molecular formula is C21H22N6O2. The summed E-state index contributed by atoms with van der Waals surface area (Å²) in [6, 6.07) is 7.96. The van der Waals surface area contributed by atoms with Crippen molar-refractivity contribution in [1.29, 1.82) is 0 Å². The monoisotopic (exact) mass is 390 g/mol. The van der Waals surface area contributed by atoms with Crippen molar-refractivity contribution in [2.45, 2.75) is 26.3 Å². The molecule has 0 bridgehead atoms. The zero-order chi connectivity index (χ0) is 20.1. The van der Waals surface area contributed by atoms with Crippen molar-refractivity contribution in [2.75, 3.05) is 25.0 Å². The minimum atomic E-state index is -0.0433. The Morgan fingerprint density at radius 2 is 2.07 bits per heavy atom. The Hall–Kier alpha value is -3.42. The van der Waals surface area contributed by atoms with Crippen LogP contribution in [0.4, 0.5) is 5.82 Å². The number of hydrogen-bond donors (Lipinski definition) is 3. The van der Waals surface area contributed by atoms with Crippen molar-refractivity contribution in [1.82, 2.24) is 25.2 Å². The fraction of sp³-hybridized carbons (Fsp3) is 0.333. The first-order valence-corrected chi connectivity index (χ1v) is 9.79. The normalized spacial score (nSPS) is 16.3. The van der Waals surface area contributed by atoms with Gasteiger partial charge in [-0.15, -0.1) is 0 Å². The van der Waals surface area contributed by atoms with Gasteiger partial charge in [0.2, 0.25) is 5.91 Å². The van der Waals surface area contributed by atoms with E-state index in [2.05, 4.69) is 15.6 Å². The summed E-state index contributed by atoms with van der Waals surface area (Å²) < 4.78 is 0. The molecule has 1 fully saturated rings. The van der Waals surface area contributed by atoms with Gasteiger partial charge in [-0.05, 0) is 19.1 Å². The number of likely N-dealkylation sites (tertiary alicyclic amines) is 1. The molecule has 0 radical (unpaired) electrons. The van der Waals surface area contributed by atoms with Crippen LogP contribution in [0, 0.1) is 6.92 Å². The smallest absolute Gasteiger partial charge is 0.253 e. The number of para-hydroxylation sites is 1. The zero-order valence-electron chi connectivity index (χ0n) is 16.4. The fourth-order valence-electron chi connectivity index (χ4n) is 3.98. The summed E-state index contributed by atoms with van der Waals surface area (Å²) in [6.07, 6.45) is 0.789.